The molecule has 0 aromatic heterocycles. The predicted octanol–water partition coefficient (Wildman–Crippen LogP) is 4.41. The lowest BCUT2D eigenvalue weighted by Gasteiger charge is -2.25. The first-order valence-corrected chi connectivity index (χ1v) is 6.54. The van der Waals surface area contributed by atoms with Gasteiger partial charge in [-0.05, 0) is 62.4 Å². The van der Waals surface area contributed by atoms with Crippen LogP contribution in [0.25, 0.3) is 0 Å². The largest absolute Gasteiger partial charge is 0.273 e. The van der Waals surface area contributed by atoms with Crippen LogP contribution in [0, 0.1) is 3.57 Å². The van der Waals surface area contributed by atoms with Crippen molar-refractivity contribution in [1.29, 1.82) is 0 Å². The minimum atomic E-state index is 0.366. The molecule has 0 saturated carbocycles. The highest BCUT2D eigenvalue weighted by molar-refractivity contribution is 14.1. The molecule has 4 heteroatoms. The molecule has 1 aromatic rings. The Labute approximate surface area is 111 Å². The van der Waals surface area contributed by atoms with Crippen LogP contribution >= 0.6 is 22.6 Å². The zero-order valence-corrected chi connectivity index (χ0v) is 12.3. The van der Waals surface area contributed by atoms with E-state index in [1.807, 2.05) is 29.3 Å². The van der Waals surface area contributed by atoms with Crippen molar-refractivity contribution >= 4 is 28.3 Å². The molecular weight excluding hydrogens is 313 g/mol. The summed E-state index contributed by atoms with van der Waals surface area (Å²) in [6.07, 6.45) is 0. The molecule has 0 atom stereocenters. The molecule has 0 aliphatic rings. The van der Waals surface area contributed by atoms with Crippen LogP contribution in [-0.2, 0) is 0 Å². The molecule has 0 aliphatic carbocycles. The van der Waals surface area contributed by atoms with Gasteiger partial charge in [-0.3, -0.25) is 5.01 Å². The van der Waals surface area contributed by atoms with E-state index in [-0.39, 0.29) is 0 Å². The summed E-state index contributed by atoms with van der Waals surface area (Å²) in [4.78, 5) is 0. The van der Waals surface area contributed by atoms with Crippen LogP contribution in [0.15, 0.2) is 34.6 Å². The van der Waals surface area contributed by atoms with Gasteiger partial charge in [-0.25, -0.2) is 0 Å². The molecule has 0 fully saturated rings. The molecule has 1 aromatic carbocycles. The Morgan fingerprint density at radius 2 is 1.62 bits per heavy atom. The first-order chi connectivity index (χ1) is 7.52. The Hall–Kier alpha value is -0.650. The summed E-state index contributed by atoms with van der Waals surface area (Å²) in [6, 6.07) is 8.72. The molecule has 0 spiro atoms. The first kappa shape index (κ1) is 13.4. The zero-order valence-electron chi connectivity index (χ0n) is 10.2. The van der Waals surface area contributed by atoms with Gasteiger partial charge >= 0.3 is 0 Å². The molecule has 88 valence electrons. The monoisotopic (exact) mass is 331 g/mol. The van der Waals surface area contributed by atoms with Gasteiger partial charge in [-0.15, -0.1) is 5.11 Å². The van der Waals surface area contributed by atoms with Crippen LogP contribution in [-0.4, -0.2) is 17.1 Å². The van der Waals surface area contributed by atoms with Crippen LogP contribution < -0.4 is 0 Å². The molecular formula is C12H18IN3. The Morgan fingerprint density at radius 3 is 2.12 bits per heavy atom. The van der Waals surface area contributed by atoms with E-state index in [4.69, 9.17) is 0 Å². The van der Waals surface area contributed by atoms with Crippen molar-refractivity contribution in [3.05, 3.63) is 27.8 Å². The van der Waals surface area contributed by atoms with Crippen molar-refractivity contribution in [3.8, 4) is 0 Å². The summed E-state index contributed by atoms with van der Waals surface area (Å²) < 4.78 is 1.12. The molecule has 0 saturated heterocycles. The maximum Gasteiger partial charge on any atom is 0.101 e. The fourth-order valence-corrected chi connectivity index (χ4v) is 1.93. The standard InChI is InChI=1S/C12H18IN3/c1-9(2)16(10(3)4)15-14-12-8-6-5-7-11(12)13/h5-10H,1-4H3. The first-order valence-electron chi connectivity index (χ1n) is 5.47. The van der Waals surface area contributed by atoms with Gasteiger partial charge in [0.2, 0.25) is 0 Å². The molecule has 0 bridgehead atoms. The third-order valence-corrected chi connectivity index (χ3v) is 3.08. The SMILES string of the molecule is CC(C)N(N=Nc1ccccc1I)C(C)C. The van der Waals surface area contributed by atoms with Crippen molar-refractivity contribution in [2.45, 2.75) is 39.8 Å². The van der Waals surface area contributed by atoms with Crippen LogP contribution in [0.4, 0.5) is 5.69 Å². The molecule has 16 heavy (non-hydrogen) atoms. The summed E-state index contributed by atoms with van der Waals surface area (Å²) in [5.41, 5.74) is 0.925. The average Bonchev–Trinajstić information content (AvgIpc) is 2.20. The lowest BCUT2D eigenvalue weighted by molar-refractivity contribution is 0.169. The smallest absolute Gasteiger partial charge is 0.101 e. The van der Waals surface area contributed by atoms with E-state index in [0.29, 0.717) is 12.1 Å². The van der Waals surface area contributed by atoms with Crippen molar-refractivity contribution in [1.82, 2.24) is 5.01 Å². The second kappa shape index (κ2) is 6.18. The molecule has 1 rings (SSSR count). The van der Waals surface area contributed by atoms with Crippen molar-refractivity contribution in [3.63, 3.8) is 0 Å². The van der Waals surface area contributed by atoms with Gasteiger partial charge in [0, 0.05) is 15.7 Å². The van der Waals surface area contributed by atoms with E-state index < -0.39 is 0 Å². The maximum absolute atomic E-state index is 4.31. The van der Waals surface area contributed by atoms with Crippen molar-refractivity contribution < 1.29 is 0 Å². The molecule has 0 N–H and O–H groups in total. The van der Waals surface area contributed by atoms with Crippen LogP contribution in [0.2, 0.25) is 0 Å². The van der Waals surface area contributed by atoms with Gasteiger partial charge < -0.3 is 0 Å². The Bertz CT molecular complexity index is 353. The van der Waals surface area contributed by atoms with E-state index in [9.17, 15) is 0 Å². The normalized spacial score (nSPS) is 11.7. The number of hydrogen-bond donors (Lipinski definition) is 0. The summed E-state index contributed by atoms with van der Waals surface area (Å²) in [5, 5.41) is 10.6. The van der Waals surface area contributed by atoms with Crippen LogP contribution in [0.3, 0.4) is 0 Å². The lowest BCUT2D eigenvalue weighted by atomic mass is 10.3. The zero-order chi connectivity index (χ0) is 12.1. The lowest BCUT2D eigenvalue weighted by Crippen LogP contribution is -2.31. The summed E-state index contributed by atoms with van der Waals surface area (Å²) in [5.74, 6) is 0. The number of benzene rings is 1. The topological polar surface area (TPSA) is 28.0 Å². The van der Waals surface area contributed by atoms with Crippen molar-refractivity contribution in [2.24, 2.45) is 10.3 Å². The molecule has 3 nitrogen and oxygen atoms in total. The number of hydrogen-bond acceptors (Lipinski definition) is 2. The third-order valence-electron chi connectivity index (χ3n) is 2.17. The third kappa shape index (κ3) is 3.73. The number of rotatable bonds is 4. The Morgan fingerprint density at radius 1 is 1.06 bits per heavy atom. The number of halogens is 1. The van der Waals surface area contributed by atoms with E-state index in [2.05, 4.69) is 60.6 Å². The molecule has 0 heterocycles. The van der Waals surface area contributed by atoms with Gasteiger partial charge in [0.05, 0.1) is 0 Å². The average molecular weight is 331 g/mol. The second-order valence-electron chi connectivity index (χ2n) is 4.21. The Kier molecular flexibility index (Phi) is 5.18. The van der Waals surface area contributed by atoms with Crippen LogP contribution in [0.1, 0.15) is 27.7 Å². The molecule has 0 aliphatic heterocycles. The van der Waals surface area contributed by atoms with Gasteiger partial charge in [-0.2, -0.15) is 0 Å². The highest BCUT2D eigenvalue weighted by atomic mass is 127. The quantitative estimate of drug-likeness (QED) is 0.456. The summed E-state index contributed by atoms with van der Waals surface area (Å²) >= 11 is 2.27. The highest BCUT2D eigenvalue weighted by Gasteiger charge is 2.10. The fraction of sp³-hybridized carbons (Fsp3) is 0.500. The second-order valence-corrected chi connectivity index (χ2v) is 5.37. The van der Waals surface area contributed by atoms with E-state index >= 15 is 0 Å². The molecule has 0 amide bonds. The predicted molar refractivity (Wildman–Crippen MR) is 75.8 cm³/mol. The van der Waals surface area contributed by atoms with Gasteiger partial charge in [0.25, 0.3) is 0 Å². The highest BCUT2D eigenvalue weighted by Crippen LogP contribution is 2.21. The van der Waals surface area contributed by atoms with E-state index in [0.717, 1.165) is 9.26 Å². The Balaban J connectivity index is 2.83. The van der Waals surface area contributed by atoms with Crippen LogP contribution in [0.5, 0.6) is 0 Å². The van der Waals surface area contributed by atoms with Gasteiger partial charge in [0.1, 0.15) is 5.69 Å². The summed E-state index contributed by atoms with van der Waals surface area (Å²) in [7, 11) is 0. The molecule has 0 unspecified atom stereocenters. The van der Waals surface area contributed by atoms with Gasteiger partial charge in [0.15, 0.2) is 0 Å². The van der Waals surface area contributed by atoms with E-state index in [1.165, 1.54) is 0 Å². The number of nitrogens with zero attached hydrogens (tertiary/aromatic N) is 3. The maximum atomic E-state index is 4.31. The van der Waals surface area contributed by atoms with E-state index in [1.54, 1.807) is 0 Å². The minimum Gasteiger partial charge on any atom is -0.273 e. The summed E-state index contributed by atoms with van der Waals surface area (Å²) in [6.45, 7) is 8.48. The fourth-order valence-electron chi connectivity index (χ4n) is 1.44. The van der Waals surface area contributed by atoms with Crippen molar-refractivity contribution in [2.75, 3.05) is 0 Å². The van der Waals surface area contributed by atoms with Gasteiger partial charge in [-0.1, -0.05) is 17.4 Å². The minimum absolute atomic E-state index is 0.366. The molecule has 0 radical (unpaired) electrons.